The number of hydrogen-bond acceptors (Lipinski definition) is 2. The summed E-state index contributed by atoms with van der Waals surface area (Å²) in [5, 5.41) is 0. The maximum atomic E-state index is 14.1. The Balaban J connectivity index is 2.00. The summed E-state index contributed by atoms with van der Waals surface area (Å²) in [5.41, 5.74) is 5.56. The molecule has 2 nitrogen and oxygen atoms in total. The summed E-state index contributed by atoms with van der Waals surface area (Å²) >= 11 is 0. The minimum atomic E-state index is -2.78. The van der Waals surface area contributed by atoms with E-state index in [0.717, 1.165) is 19.3 Å². The van der Waals surface area contributed by atoms with Crippen molar-refractivity contribution in [3.8, 4) is 0 Å². The highest BCUT2D eigenvalue weighted by Gasteiger charge is 2.38. The Kier molecular flexibility index (Phi) is 4.30. The molecule has 100 valence electrons. The Labute approximate surface area is 107 Å². The van der Waals surface area contributed by atoms with Gasteiger partial charge in [-0.15, -0.1) is 0 Å². The molecule has 0 atom stereocenters. The molecule has 1 fully saturated rings. The molecule has 1 aromatic rings. The molecule has 0 aromatic heterocycles. The second-order valence-corrected chi connectivity index (χ2v) is 4.91. The number of nitrogens with two attached hydrogens (primary N) is 1. The van der Waals surface area contributed by atoms with Crippen molar-refractivity contribution in [3.63, 3.8) is 0 Å². The molecule has 2 N–H and O–H groups in total. The van der Waals surface area contributed by atoms with Crippen LogP contribution in [0.2, 0.25) is 0 Å². The zero-order valence-corrected chi connectivity index (χ0v) is 10.5. The Morgan fingerprint density at radius 1 is 1.22 bits per heavy atom. The van der Waals surface area contributed by atoms with Crippen molar-refractivity contribution in [2.24, 2.45) is 5.73 Å². The Hall–Kier alpha value is -1.00. The molecule has 0 bridgehead atoms. The lowest BCUT2D eigenvalue weighted by molar-refractivity contribution is -0.0401. The van der Waals surface area contributed by atoms with Gasteiger partial charge in [0.05, 0.1) is 6.54 Å². The fourth-order valence-electron chi connectivity index (χ4n) is 2.15. The van der Waals surface area contributed by atoms with E-state index in [4.69, 9.17) is 5.73 Å². The van der Waals surface area contributed by atoms with Crippen LogP contribution in [0.3, 0.4) is 0 Å². The van der Waals surface area contributed by atoms with E-state index >= 15 is 0 Å². The molecular weight excluding hydrogens is 234 g/mol. The minimum absolute atomic E-state index is 0.100. The summed E-state index contributed by atoms with van der Waals surface area (Å²) in [5.74, 6) is -2.78. The van der Waals surface area contributed by atoms with E-state index in [0.29, 0.717) is 19.1 Å². The molecule has 0 saturated heterocycles. The lowest BCUT2D eigenvalue weighted by Crippen LogP contribution is -2.38. The molecule has 0 radical (unpaired) electrons. The third-order valence-electron chi connectivity index (χ3n) is 3.31. The van der Waals surface area contributed by atoms with Gasteiger partial charge in [0.1, 0.15) is 0 Å². The predicted octanol–water partition coefficient (Wildman–Crippen LogP) is 2.59. The SMILES string of the molecule is NCCCN(CC(F)(F)c1ccccc1)C1CC1. The van der Waals surface area contributed by atoms with Gasteiger partial charge in [-0.05, 0) is 32.4 Å². The quantitative estimate of drug-likeness (QED) is 0.810. The van der Waals surface area contributed by atoms with Crippen molar-refractivity contribution in [2.45, 2.75) is 31.2 Å². The zero-order valence-electron chi connectivity index (χ0n) is 10.5. The number of benzene rings is 1. The van der Waals surface area contributed by atoms with E-state index in [-0.39, 0.29) is 12.1 Å². The molecule has 0 aliphatic heterocycles. The van der Waals surface area contributed by atoms with Crippen LogP contribution in [0, 0.1) is 0 Å². The van der Waals surface area contributed by atoms with E-state index in [1.54, 1.807) is 18.2 Å². The molecule has 1 saturated carbocycles. The molecule has 0 spiro atoms. The van der Waals surface area contributed by atoms with E-state index in [1.807, 2.05) is 4.90 Å². The first-order valence-electron chi connectivity index (χ1n) is 6.51. The molecule has 18 heavy (non-hydrogen) atoms. The van der Waals surface area contributed by atoms with Gasteiger partial charge in [-0.2, -0.15) is 8.78 Å². The summed E-state index contributed by atoms with van der Waals surface area (Å²) in [6.45, 7) is 1.03. The van der Waals surface area contributed by atoms with E-state index in [9.17, 15) is 8.78 Å². The molecule has 0 unspecified atom stereocenters. The third kappa shape index (κ3) is 3.50. The second-order valence-electron chi connectivity index (χ2n) is 4.91. The first-order chi connectivity index (χ1) is 8.63. The Bertz CT molecular complexity index is 363. The molecule has 0 heterocycles. The van der Waals surface area contributed by atoms with Crippen molar-refractivity contribution in [3.05, 3.63) is 35.9 Å². The fraction of sp³-hybridized carbons (Fsp3) is 0.571. The van der Waals surface area contributed by atoms with Crippen LogP contribution in [0.15, 0.2) is 30.3 Å². The minimum Gasteiger partial charge on any atom is -0.330 e. The van der Waals surface area contributed by atoms with Gasteiger partial charge in [-0.3, -0.25) is 4.90 Å². The van der Waals surface area contributed by atoms with Crippen LogP contribution in [0.25, 0.3) is 0 Å². The average molecular weight is 254 g/mol. The van der Waals surface area contributed by atoms with Gasteiger partial charge in [0.2, 0.25) is 0 Å². The van der Waals surface area contributed by atoms with Gasteiger partial charge in [0.25, 0.3) is 5.92 Å². The molecule has 1 aromatic carbocycles. The third-order valence-corrected chi connectivity index (χ3v) is 3.31. The number of hydrogen-bond donors (Lipinski definition) is 1. The molecular formula is C14H20F2N2. The van der Waals surface area contributed by atoms with E-state index in [1.165, 1.54) is 12.1 Å². The average Bonchev–Trinajstić information content (AvgIpc) is 3.20. The number of alkyl halides is 2. The van der Waals surface area contributed by atoms with E-state index < -0.39 is 5.92 Å². The lowest BCUT2D eigenvalue weighted by Gasteiger charge is -2.27. The Morgan fingerprint density at radius 3 is 2.44 bits per heavy atom. The van der Waals surface area contributed by atoms with Gasteiger partial charge >= 0.3 is 0 Å². The molecule has 1 aliphatic rings. The summed E-state index contributed by atoms with van der Waals surface area (Å²) in [4.78, 5) is 1.89. The number of nitrogens with zero attached hydrogens (tertiary/aromatic N) is 1. The maximum absolute atomic E-state index is 14.1. The van der Waals surface area contributed by atoms with Crippen LogP contribution >= 0.6 is 0 Å². The first-order valence-corrected chi connectivity index (χ1v) is 6.51. The maximum Gasteiger partial charge on any atom is 0.285 e. The molecule has 4 heteroatoms. The van der Waals surface area contributed by atoms with Crippen LogP contribution in [0.1, 0.15) is 24.8 Å². The first kappa shape index (κ1) is 13.4. The van der Waals surface area contributed by atoms with Crippen molar-refractivity contribution < 1.29 is 8.78 Å². The normalized spacial score (nSPS) is 16.2. The number of halogens is 2. The topological polar surface area (TPSA) is 29.3 Å². The van der Waals surface area contributed by atoms with E-state index in [2.05, 4.69) is 0 Å². The highest BCUT2D eigenvalue weighted by atomic mass is 19.3. The predicted molar refractivity (Wildman–Crippen MR) is 68.6 cm³/mol. The van der Waals surface area contributed by atoms with Crippen LogP contribution in [0.4, 0.5) is 8.78 Å². The zero-order chi connectivity index (χ0) is 13.0. The van der Waals surface area contributed by atoms with Crippen LogP contribution < -0.4 is 5.73 Å². The standard InChI is InChI=1S/C14H20F2N2/c15-14(16,12-5-2-1-3-6-12)11-18(10-4-9-17)13-7-8-13/h1-3,5-6,13H,4,7-11,17H2. The molecule has 2 rings (SSSR count). The van der Waals surface area contributed by atoms with Crippen LogP contribution in [-0.4, -0.2) is 30.6 Å². The fourth-order valence-corrected chi connectivity index (χ4v) is 2.15. The van der Waals surface area contributed by atoms with Crippen molar-refractivity contribution in [2.75, 3.05) is 19.6 Å². The smallest absolute Gasteiger partial charge is 0.285 e. The van der Waals surface area contributed by atoms with Gasteiger partial charge in [0, 0.05) is 11.6 Å². The van der Waals surface area contributed by atoms with Gasteiger partial charge < -0.3 is 5.73 Å². The van der Waals surface area contributed by atoms with Crippen LogP contribution in [-0.2, 0) is 5.92 Å². The summed E-state index contributed by atoms with van der Waals surface area (Å²) in [7, 11) is 0. The monoisotopic (exact) mass is 254 g/mol. The second kappa shape index (κ2) is 5.76. The van der Waals surface area contributed by atoms with Crippen molar-refractivity contribution >= 4 is 0 Å². The molecule has 0 amide bonds. The number of rotatable bonds is 7. The van der Waals surface area contributed by atoms with Gasteiger partial charge in [-0.25, -0.2) is 0 Å². The Morgan fingerprint density at radius 2 is 1.89 bits per heavy atom. The summed E-state index contributed by atoms with van der Waals surface area (Å²) in [6, 6.07) is 8.40. The summed E-state index contributed by atoms with van der Waals surface area (Å²) in [6.07, 6.45) is 2.85. The largest absolute Gasteiger partial charge is 0.330 e. The highest BCUT2D eigenvalue weighted by molar-refractivity contribution is 5.20. The van der Waals surface area contributed by atoms with Crippen molar-refractivity contribution in [1.82, 2.24) is 4.90 Å². The molecule has 1 aliphatic carbocycles. The van der Waals surface area contributed by atoms with Crippen LogP contribution in [0.5, 0.6) is 0 Å². The highest BCUT2D eigenvalue weighted by Crippen LogP contribution is 2.34. The summed E-state index contributed by atoms with van der Waals surface area (Å²) < 4.78 is 28.3. The van der Waals surface area contributed by atoms with Crippen molar-refractivity contribution in [1.29, 1.82) is 0 Å². The van der Waals surface area contributed by atoms with Gasteiger partial charge in [0.15, 0.2) is 0 Å². The lowest BCUT2D eigenvalue weighted by atomic mass is 10.1. The van der Waals surface area contributed by atoms with Gasteiger partial charge in [-0.1, -0.05) is 30.3 Å².